The van der Waals surface area contributed by atoms with Crippen LogP contribution >= 0.6 is 12.4 Å². The quantitative estimate of drug-likeness (QED) is 0.848. The van der Waals surface area contributed by atoms with Crippen LogP contribution in [0.15, 0.2) is 24.3 Å². The van der Waals surface area contributed by atoms with Crippen molar-refractivity contribution in [2.45, 2.75) is 51.8 Å². The lowest BCUT2D eigenvalue weighted by molar-refractivity contribution is -0.123. The number of nitrogens with two attached hydrogens (primary N) is 1. The van der Waals surface area contributed by atoms with E-state index in [0.717, 1.165) is 17.5 Å². The molecule has 0 heterocycles. The van der Waals surface area contributed by atoms with Crippen LogP contribution in [0.4, 0.5) is 0 Å². The zero-order valence-corrected chi connectivity index (χ0v) is 14.3. The van der Waals surface area contributed by atoms with Crippen LogP contribution in [0.3, 0.4) is 0 Å². The molecule has 0 saturated heterocycles. The van der Waals surface area contributed by atoms with Crippen molar-refractivity contribution in [3.63, 3.8) is 0 Å². The summed E-state index contributed by atoms with van der Waals surface area (Å²) in [6.07, 6.45) is 0.732. The maximum atomic E-state index is 12.1. The summed E-state index contributed by atoms with van der Waals surface area (Å²) < 4.78 is 5.37. The highest BCUT2D eigenvalue weighted by molar-refractivity contribution is 5.85. The van der Waals surface area contributed by atoms with Gasteiger partial charge in [-0.25, -0.2) is 0 Å². The lowest BCUT2D eigenvalue weighted by Crippen LogP contribution is -2.42. The molecule has 0 spiro atoms. The van der Waals surface area contributed by atoms with Crippen molar-refractivity contribution in [3.8, 4) is 0 Å². The number of carbonyl (C=O) groups is 1. The number of aryl methyl sites for hydroxylation is 1. The lowest BCUT2D eigenvalue weighted by Gasteiger charge is -2.27. The van der Waals surface area contributed by atoms with Gasteiger partial charge in [-0.05, 0) is 39.7 Å². The smallest absolute Gasteiger partial charge is 0.241 e. The molecule has 21 heavy (non-hydrogen) atoms. The van der Waals surface area contributed by atoms with E-state index in [-0.39, 0.29) is 30.0 Å². The molecule has 0 bridgehead atoms. The molecule has 0 aromatic heterocycles. The third-order valence-corrected chi connectivity index (χ3v) is 3.46. The molecule has 1 aromatic rings. The molecule has 0 aliphatic heterocycles. The fourth-order valence-corrected chi connectivity index (χ4v) is 2.13. The van der Waals surface area contributed by atoms with Gasteiger partial charge in [-0.15, -0.1) is 12.4 Å². The number of halogens is 1. The van der Waals surface area contributed by atoms with Crippen molar-refractivity contribution in [3.05, 3.63) is 35.4 Å². The van der Waals surface area contributed by atoms with Crippen molar-refractivity contribution in [1.29, 1.82) is 0 Å². The average Bonchev–Trinajstić information content (AvgIpc) is 2.38. The first-order chi connectivity index (χ1) is 9.25. The highest BCUT2D eigenvalue weighted by Gasteiger charge is 2.23. The zero-order valence-electron chi connectivity index (χ0n) is 13.5. The first-order valence-corrected chi connectivity index (χ1v) is 6.93. The molecule has 0 radical (unpaired) electrons. The predicted molar refractivity (Wildman–Crippen MR) is 88.7 cm³/mol. The van der Waals surface area contributed by atoms with Gasteiger partial charge in [0.25, 0.3) is 0 Å². The number of ether oxygens (including phenoxy) is 1. The Labute approximate surface area is 133 Å². The number of carbonyl (C=O) groups excluding carboxylic acids is 1. The average molecular weight is 315 g/mol. The second-order valence-electron chi connectivity index (χ2n) is 5.97. The first-order valence-electron chi connectivity index (χ1n) is 6.93. The molecule has 1 amide bonds. The lowest BCUT2D eigenvalue weighted by atomic mass is 9.99. The van der Waals surface area contributed by atoms with Gasteiger partial charge in [0.1, 0.15) is 6.04 Å². The van der Waals surface area contributed by atoms with E-state index in [1.54, 1.807) is 7.11 Å². The minimum Gasteiger partial charge on any atom is -0.379 e. The summed E-state index contributed by atoms with van der Waals surface area (Å²) in [6, 6.07) is 7.07. The van der Waals surface area contributed by atoms with Gasteiger partial charge in [0.05, 0.1) is 5.60 Å². The van der Waals surface area contributed by atoms with Crippen molar-refractivity contribution in [2.75, 3.05) is 7.11 Å². The molecule has 5 heteroatoms. The number of amides is 1. The number of methoxy groups -OCH3 is 1. The molecule has 1 rings (SSSR count). The minimum atomic E-state index is -0.635. The van der Waals surface area contributed by atoms with Crippen LogP contribution in [0, 0.1) is 6.92 Å². The third-order valence-electron chi connectivity index (χ3n) is 3.46. The van der Waals surface area contributed by atoms with Crippen LogP contribution < -0.4 is 11.1 Å². The van der Waals surface area contributed by atoms with Gasteiger partial charge in [0.2, 0.25) is 5.91 Å². The topological polar surface area (TPSA) is 64.3 Å². The number of hydrogen-bond donors (Lipinski definition) is 2. The molecular formula is C16H27ClN2O2. The van der Waals surface area contributed by atoms with Crippen molar-refractivity contribution in [1.82, 2.24) is 5.32 Å². The zero-order chi connectivity index (χ0) is 15.3. The van der Waals surface area contributed by atoms with Crippen LogP contribution in [0.2, 0.25) is 0 Å². The molecule has 1 aromatic carbocycles. The van der Waals surface area contributed by atoms with Gasteiger partial charge in [-0.2, -0.15) is 0 Å². The molecule has 0 fully saturated rings. The monoisotopic (exact) mass is 314 g/mol. The molecule has 0 aliphatic rings. The van der Waals surface area contributed by atoms with Crippen molar-refractivity contribution >= 4 is 18.3 Å². The normalized spacial score (nSPS) is 14.0. The van der Waals surface area contributed by atoms with Crippen LogP contribution in [-0.4, -0.2) is 24.7 Å². The van der Waals surface area contributed by atoms with Crippen molar-refractivity contribution < 1.29 is 9.53 Å². The number of hydrogen-bond acceptors (Lipinski definition) is 3. The van der Waals surface area contributed by atoms with Crippen LogP contribution in [0.25, 0.3) is 0 Å². The summed E-state index contributed by atoms with van der Waals surface area (Å²) in [7, 11) is 1.67. The number of rotatable bonds is 6. The van der Waals surface area contributed by atoms with Gasteiger partial charge in [-0.1, -0.05) is 29.8 Å². The second-order valence-corrected chi connectivity index (χ2v) is 5.97. The van der Waals surface area contributed by atoms with Crippen LogP contribution in [-0.2, 0) is 9.53 Å². The molecule has 2 unspecified atom stereocenters. The Morgan fingerprint density at radius 2 is 1.86 bits per heavy atom. The molecule has 3 N–H and O–H groups in total. The maximum absolute atomic E-state index is 12.1. The van der Waals surface area contributed by atoms with Gasteiger partial charge in [-0.3, -0.25) is 4.79 Å². The summed E-state index contributed by atoms with van der Waals surface area (Å²) in [4.78, 5) is 12.1. The molecule has 2 atom stereocenters. The molecule has 0 aliphatic carbocycles. The van der Waals surface area contributed by atoms with Gasteiger partial charge in [0.15, 0.2) is 0 Å². The van der Waals surface area contributed by atoms with Gasteiger partial charge < -0.3 is 15.8 Å². The Hall–Kier alpha value is -1.10. The van der Waals surface area contributed by atoms with Crippen LogP contribution in [0.1, 0.15) is 44.4 Å². The van der Waals surface area contributed by atoms with E-state index in [0.29, 0.717) is 0 Å². The van der Waals surface area contributed by atoms with E-state index < -0.39 is 6.04 Å². The van der Waals surface area contributed by atoms with Crippen molar-refractivity contribution in [2.24, 2.45) is 5.73 Å². The number of benzene rings is 1. The largest absolute Gasteiger partial charge is 0.379 e. The second kappa shape index (κ2) is 8.37. The predicted octanol–water partition coefficient (Wildman–Crippen LogP) is 2.74. The summed E-state index contributed by atoms with van der Waals surface area (Å²) in [5.41, 5.74) is 7.70. The Bertz CT molecular complexity index is 446. The Balaban J connectivity index is 0.00000400. The first kappa shape index (κ1) is 19.9. The molecular weight excluding hydrogens is 288 g/mol. The minimum absolute atomic E-state index is 0. The maximum Gasteiger partial charge on any atom is 0.241 e. The van der Waals surface area contributed by atoms with E-state index in [9.17, 15) is 4.79 Å². The molecule has 120 valence electrons. The van der Waals surface area contributed by atoms with E-state index in [4.69, 9.17) is 10.5 Å². The summed E-state index contributed by atoms with van der Waals surface area (Å²) in [5, 5.41) is 2.94. The molecule has 0 saturated carbocycles. The Kier molecular flexibility index (Phi) is 7.93. The Morgan fingerprint density at radius 1 is 1.33 bits per heavy atom. The van der Waals surface area contributed by atoms with Crippen LogP contribution in [0.5, 0.6) is 0 Å². The summed E-state index contributed by atoms with van der Waals surface area (Å²) in [6.45, 7) is 7.95. The van der Waals surface area contributed by atoms with E-state index in [2.05, 4.69) is 5.32 Å². The fraction of sp³-hybridized carbons (Fsp3) is 0.562. The SMILES string of the molecule is COC(C)(C)CC(C)NC(=O)C(N)c1ccc(C)cc1.Cl. The highest BCUT2D eigenvalue weighted by Crippen LogP contribution is 2.16. The third kappa shape index (κ3) is 6.46. The number of nitrogens with one attached hydrogen (secondary N) is 1. The highest BCUT2D eigenvalue weighted by atomic mass is 35.5. The summed E-state index contributed by atoms with van der Waals surface area (Å²) in [5.74, 6) is -0.159. The fourth-order valence-electron chi connectivity index (χ4n) is 2.13. The van der Waals surface area contributed by atoms with E-state index in [1.807, 2.05) is 52.0 Å². The summed E-state index contributed by atoms with van der Waals surface area (Å²) >= 11 is 0. The molecule has 4 nitrogen and oxygen atoms in total. The van der Waals surface area contributed by atoms with E-state index >= 15 is 0 Å². The Morgan fingerprint density at radius 3 is 2.33 bits per heavy atom. The van der Waals surface area contributed by atoms with Gasteiger partial charge >= 0.3 is 0 Å². The van der Waals surface area contributed by atoms with Gasteiger partial charge in [0, 0.05) is 13.2 Å². The standard InChI is InChI=1S/C16H26N2O2.ClH/c1-11-6-8-13(9-7-11)14(17)15(19)18-12(2)10-16(3,4)20-5;/h6-9,12,14H,10,17H2,1-5H3,(H,18,19);1H. The van der Waals surface area contributed by atoms with E-state index in [1.165, 1.54) is 0 Å².